The molecule has 1 aromatic rings. The van der Waals surface area contributed by atoms with Crippen LogP contribution in [0.1, 0.15) is 26.2 Å². The van der Waals surface area contributed by atoms with Gasteiger partial charge in [-0.2, -0.15) is 4.72 Å². The summed E-state index contributed by atoms with van der Waals surface area (Å²) in [6.45, 7) is 1.89. The lowest BCUT2D eigenvalue weighted by Gasteiger charge is -2.16. The van der Waals surface area contributed by atoms with Gasteiger partial charge in [-0.05, 0) is 6.42 Å². The highest BCUT2D eigenvalue weighted by Gasteiger charge is 2.28. The number of carboxylic acid groups (broad SMARTS) is 1. The molecule has 0 unspecified atom stereocenters. The van der Waals surface area contributed by atoms with Gasteiger partial charge in [0.1, 0.15) is 10.9 Å². The quantitative estimate of drug-likeness (QED) is 0.696. The third-order valence-electron chi connectivity index (χ3n) is 3.17. The Labute approximate surface area is 140 Å². The zero-order chi connectivity index (χ0) is 17.6. The Bertz CT molecular complexity index is 661. The molecule has 0 spiro atoms. The number of aliphatic carboxylic acids is 1. The molecule has 23 heavy (non-hydrogen) atoms. The molecule has 0 saturated carbocycles. The van der Waals surface area contributed by atoms with Crippen LogP contribution in [0.2, 0.25) is 5.02 Å². The molecule has 2 N–H and O–H groups in total. The molecule has 0 aromatic heterocycles. The molecule has 0 aliphatic rings. The van der Waals surface area contributed by atoms with Crippen LogP contribution >= 0.6 is 11.6 Å². The molecule has 130 valence electrons. The molecule has 0 aliphatic carbocycles. The van der Waals surface area contributed by atoms with E-state index >= 15 is 0 Å². The van der Waals surface area contributed by atoms with Gasteiger partial charge in [0.05, 0.1) is 19.2 Å². The number of hydrogen-bond acceptors (Lipinski definition) is 5. The number of carboxylic acids is 1. The highest BCUT2D eigenvalue weighted by molar-refractivity contribution is 7.89. The summed E-state index contributed by atoms with van der Waals surface area (Å²) in [5.74, 6) is -0.784. The minimum absolute atomic E-state index is 0.0882. The van der Waals surface area contributed by atoms with Crippen LogP contribution in [0, 0.1) is 0 Å². The molecule has 1 atom stereocenters. The fraction of sp³-hybridized carbons (Fsp3) is 0.500. The second kappa shape index (κ2) is 8.37. The van der Waals surface area contributed by atoms with Gasteiger partial charge in [0.15, 0.2) is 11.5 Å². The van der Waals surface area contributed by atoms with Gasteiger partial charge in [0.2, 0.25) is 10.0 Å². The van der Waals surface area contributed by atoms with E-state index in [2.05, 4.69) is 4.72 Å². The zero-order valence-electron chi connectivity index (χ0n) is 13.1. The van der Waals surface area contributed by atoms with E-state index in [0.29, 0.717) is 6.42 Å². The van der Waals surface area contributed by atoms with Crippen molar-refractivity contribution < 1.29 is 27.8 Å². The summed E-state index contributed by atoms with van der Waals surface area (Å²) >= 11 is 5.99. The van der Waals surface area contributed by atoms with Gasteiger partial charge in [-0.25, -0.2) is 8.42 Å². The molecule has 0 bridgehead atoms. The van der Waals surface area contributed by atoms with E-state index in [9.17, 15) is 13.2 Å². The molecule has 0 fully saturated rings. The highest BCUT2D eigenvalue weighted by atomic mass is 35.5. The number of nitrogens with one attached hydrogen (secondary N) is 1. The van der Waals surface area contributed by atoms with Gasteiger partial charge < -0.3 is 14.6 Å². The van der Waals surface area contributed by atoms with Crippen LogP contribution in [0.3, 0.4) is 0 Å². The second-order valence-corrected chi connectivity index (χ2v) is 6.88. The first-order valence-electron chi connectivity index (χ1n) is 6.93. The van der Waals surface area contributed by atoms with E-state index in [1.54, 1.807) is 0 Å². The van der Waals surface area contributed by atoms with Gasteiger partial charge >= 0.3 is 5.97 Å². The maximum atomic E-state index is 12.4. The monoisotopic (exact) mass is 365 g/mol. The number of benzene rings is 1. The van der Waals surface area contributed by atoms with Crippen molar-refractivity contribution in [2.75, 3.05) is 14.2 Å². The molecule has 0 saturated heterocycles. The number of carbonyl (C=O) groups is 1. The lowest BCUT2D eigenvalue weighted by Crippen LogP contribution is -2.40. The van der Waals surface area contributed by atoms with Crippen molar-refractivity contribution in [3.05, 3.63) is 17.2 Å². The van der Waals surface area contributed by atoms with Crippen LogP contribution in [-0.2, 0) is 14.8 Å². The van der Waals surface area contributed by atoms with Gasteiger partial charge in [-0.15, -0.1) is 0 Å². The number of unbranched alkanes of at least 4 members (excludes halogenated alkanes) is 1. The first kappa shape index (κ1) is 19.5. The Kier molecular flexibility index (Phi) is 7.11. The summed E-state index contributed by atoms with van der Waals surface area (Å²) in [5, 5.41) is 9.07. The SMILES string of the molecule is CCCC[C@H](NS(=O)(=O)c1cc(OC)c(OC)cc1Cl)C(=O)O. The van der Waals surface area contributed by atoms with Crippen LogP contribution in [0.25, 0.3) is 0 Å². The molecule has 1 rings (SSSR count). The van der Waals surface area contributed by atoms with Gasteiger partial charge in [-0.3, -0.25) is 4.79 Å². The average Bonchev–Trinajstić information content (AvgIpc) is 2.50. The van der Waals surface area contributed by atoms with E-state index in [1.807, 2.05) is 6.92 Å². The summed E-state index contributed by atoms with van der Waals surface area (Å²) in [6.07, 6.45) is 1.53. The first-order valence-corrected chi connectivity index (χ1v) is 8.79. The lowest BCUT2D eigenvalue weighted by molar-refractivity contribution is -0.139. The number of halogens is 1. The lowest BCUT2D eigenvalue weighted by atomic mass is 10.1. The average molecular weight is 366 g/mol. The van der Waals surface area contributed by atoms with Crippen LogP contribution in [0.4, 0.5) is 0 Å². The van der Waals surface area contributed by atoms with Crippen molar-refractivity contribution in [3.8, 4) is 11.5 Å². The molecule has 7 nitrogen and oxygen atoms in total. The van der Waals surface area contributed by atoms with Crippen molar-refractivity contribution >= 4 is 27.6 Å². The third kappa shape index (κ3) is 4.98. The fourth-order valence-electron chi connectivity index (χ4n) is 1.93. The van der Waals surface area contributed by atoms with Crippen LogP contribution in [0.15, 0.2) is 17.0 Å². The van der Waals surface area contributed by atoms with E-state index < -0.39 is 22.0 Å². The Hall–Kier alpha value is -1.51. The van der Waals surface area contributed by atoms with Crippen LogP contribution in [0.5, 0.6) is 11.5 Å². The molecule has 9 heteroatoms. The smallest absolute Gasteiger partial charge is 0.321 e. The van der Waals surface area contributed by atoms with Crippen molar-refractivity contribution in [1.82, 2.24) is 4.72 Å². The number of sulfonamides is 1. The first-order chi connectivity index (χ1) is 10.8. The Morgan fingerprint density at radius 1 is 1.30 bits per heavy atom. The molecule has 0 amide bonds. The maximum Gasteiger partial charge on any atom is 0.321 e. The second-order valence-electron chi connectivity index (χ2n) is 4.79. The minimum Gasteiger partial charge on any atom is -0.493 e. The van der Waals surface area contributed by atoms with E-state index in [-0.39, 0.29) is 27.8 Å². The molecule has 0 aliphatic heterocycles. The number of rotatable bonds is 9. The molecule has 0 radical (unpaired) electrons. The Morgan fingerprint density at radius 2 is 1.87 bits per heavy atom. The molecular weight excluding hydrogens is 346 g/mol. The predicted molar refractivity (Wildman–Crippen MR) is 85.8 cm³/mol. The number of ether oxygens (including phenoxy) is 2. The van der Waals surface area contributed by atoms with Crippen molar-refractivity contribution in [1.29, 1.82) is 0 Å². The highest BCUT2D eigenvalue weighted by Crippen LogP contribution is 2.35. The normalized spacial score (nSPS) is 12.7. The summed E-state index contributed by atoms with van der Waals surface area (Å²) in [7, 11) is -1.37. The topological polar surface area (TPSA) is 102 Å². The van der Waals surface area contributed by atoms with Crippen molar-refractivity contribution in [2.24, 2.45) is 0 Å². The van der Waals surface area contributed by atoms with E-state index in [0.717, 1.165) is 6.42 Å². The summed E-state index contributed by atoms with van der Waals surface area (Å²) in [5.41, 5.74) is 0. The van der Waals surface area contributed by atoms with E-state index in [1.165, 1.54) is 26.4 Å². The minimum atomic E-state index is -4.12. The molecular formula is C14H20ClNO6S. The Morgan fingerprint density at radius 3 is 2.35 bits per heavy atom. The summed E-state index contributed by atoms with van der Waals surface area (Å²) < 4.78 is 37.1. The largest absolute Gasteiger partial charge is 0.493 e. The fourth-order valence-corrected chi connectivity index (χ4v) is 3.69. The Balaban J connectivity index is 3.19. The standard InChI is InChI=1S/C14H20ClNO6S/c1-4-5-6-10(14(17)18)16-23(19,20)13-8-12(22-3)11(21-2)7-9(13)15/h7-8,10,16H,4-6H2,1-3H3,(H,17,18)/t10-/m0/s1. The van der Waals surface area contributed by atoms with Gasteiger partial charge in [0, 0.05) is 12.1 Å². The van der Waals surface area contributed by atoms with Gasteiger partial charge in [-0.1, -0.05) is 31.4 Å². The van der Waals surface area contributed by atoms with E-state index in [4.69, 9.17) is 26.2 Å². The summed E-state index contributed by atoms with van der Waals surface area (Å²) in [4.78, 5) is 11.0. The van der Waals surface area contributed by atoms with Crippen molar-refractivity contribution in [3.63, 3.8) is 0 Å². The predicted octanol–water partition coefficient (Wildman–Crippen LogP) is 2.28. The van der Waals surface area contributed by atoms with Crippen molar-refractivity contribution in [2.45, 2.75) is 37.1 Å². The maximum absolute atomic E-state index is 12.4. The zero-order valence-corrected chi connectivity index (χ0v) is 14.7. The molecule has 0 heterocycles. The van der Waals surface area contributed by atoms with Crippen LogP contribution in [-0.4, -0.2) is 39.8 Å². The third-order valence-corrected chi connectivity index (χ3v) is 5.11. The summed E-state index contributed by atoms with van der Waals surface area (Å²) in [6, 6.07) is 1.28. The van der Waals surface area contributed by atoms with Gasteiger partial charge in [0.25, 0.3) is 0 Å². The number of hydrogen-bond donors (Lipinski definition) is 2. The van der Waals surface area contributed by atoms with Crippen LogP contribution < -0.4 is 14.2 Å². The molecule has 1 aromatic carbocycles. The number of methoxy groups -OCH3 is 2.